The molecule has 0 radical (unpaired) electrons. The van der Waals surface area contributed by atoms with Crippen LogP contribution in [0.5, 0.6) is 0 Å². The Bertz CT molecular complexity index is 458. The van der Waals surface area contributed by atoms with Gasteiger partial charge < -0.3 is 5.73 Å². The van der Waals surface area contributed by atoms with E-state index in [0.29, 0.717) is 0 Å². The largest absolute Gasteiger partial charge is 0.323 e. The molecule has 0 aliphatic heterocycles. The maximum atomic E-state index is 6.23. The van der Waals surface area contributed by atoms with Gasteiger partial charge in [0.15, 0.2) is 0 Å². The lowest BCUT2D eigenvalue weighted by Gasteiger charge is -2.10. The van der Waals surface area contributed by atoms with Gasteiger partial charge in [0.1, 0.15) is 0 Å². The van der Waals surface area contributed by atoms with E-state index in [0.717, 1.165) is 12.8 Å². The fourth-order valence-corrected chi connectivity index (χ4v) is 2.89. The van der Waals surface area contributed by atoms with Crippen molar-refractivity contribution in [2.24, 2.45) is 12.8 Å². The Balaban J connectivity index is 2.11. The molecule has 0 aromatic carbocycles. The highest BCUT2D eigenvalue weighted by Crippen LogP contribution is 2.25. The summed E-state index contributed by atoms with van der Waals surface area (Å²) in [6, 6.07) is 2.27. The minimum Gasteiger partial charge on any atom is -0.323 e. The molecule has 0 bridgehead atoms. The summed E-state index contributed by atoms with van der Waals surface area (Å²) in [5, 5.41) is 6.28. The molecule has 0 fully saturated rings. The fraction of sp³-hybridized carbons (Fsp3) is 0.417. The molecule has 2 N–H and O–H groups in total. The van der Waals surface area contributed by atoms with E-state index in [1.54, 1.807) is 11.3 Å². The van der Waals surface area contributed by atoms with Crippen LogP contribution in [0.2, 0.25) is 0 Å². The van der Waals surface area contributed by atoms with Gasteiger partial charge in [-0.15, -0.1) is 11.3 Å². The van der Waals surface area contributed by atoms with Crippen LogP contribution in [0.25, 0.3) is 0 Å². The molecule has 1 atom stereocenters. The normalized spacial score (nSPS) is 12.9. The first kappa shape index (κ1) is 11.4. The van der Waals surface area contributed by atoms with Gasteiger partial charge in [0.2, 0.25) is 0 Å². The van der Waals surface area contributed by atoms with Crippen molar-refractivity contribution in [2.45, 2.75) is 25.8 Å². The van der Waals surface area contributed by atoms with Gasteiger partial charge in [0.25, 0.3) is 0 Å². The van der Waals surface area contributed by atoms with Gasteiger partial charge in [-0.2, -0.15) is 5.10 Å². The summed E-state index contributed by atoms with van der Waals surface area (Å²) in [6.07, 6.45) is 5.83. The van der Waals surface area contributed by atoms with Gasteiger partial charge >= 0.3 is 0 Å². The molecule has 2 aromatic heterocycles. The van der Waals surface area contributed by atoms with E-state index in [9.17, 15) is 0 Å². The second-order valence-corrected chi connectivity index (χ2v) is 4.94. The molecule has 2 rings (SSSR count). The second-order valence-electron chi connectivity index (χ2n) is 4.00. The van der Waals surface area contributed by atoms with Gasteiger partial charge in [-0.25, -0.2) is 0 Å². The smallest absolute Gasteiger partial charge is 0.0522 e. The van der Waals surface area contributed by atoms with Crippen LogP contribution in [0, 0.1) is 0 Å². The number of rotatable bonds is 4. The predicted molar refractivity (Wildman–Crippen MR) is 67.5 cm³/mol. The topological polar surface area (TPSA) is 43.8 Å². The fourth-order valence-electron chi connectivity index (χ4n) is 1.89. The average Bonchev–Trinajstić information content (AvgIpc) is 2.86. The first-order valence-corrected chi connectivity index (χ1v) is 6.38. The van der Waals surface area contributed by atoms with Gasteiger partial charge in [-0.05, 0) is 35.4 Å². The molecular weight excluding hydrogens is 218 g/mol. The Morgan fingerprint density at radius 2 is 2.38 bits per heavy atom. The molecule has 4 heteroatoms. The van der Waals surface area contributed by atoms with Crippen molar-refractivity contribution in [2.75, 3.05) is 0 Å². The number of nitrogens with two attached hydrogens (primary N) is 1. The van der Waals surface area contributed by atoms with Gasteiger partial charge in [0, 0.05) is 24.2 Å². The van der Waals surface area contributed by atoms with Gasteiger partial charge in [-0.3, -0.25) is 4.68 Å². The third kappa shape index (κ3) is 2.33. The van der Waals surface area contributed by atoms with Crippen LogP contribution in [-0.2, 0) is 19.9 Å². The van der Waals surface area contributed by atoms with E-state index < -0.39 is 0 Å². The van der Waals surface area contributed by atoms with Crippen molar-refractivity contribution in [3.8, 4) is 0 Å². The minimum atomic E-state index is 0.0964. The zero-order valence-corrected chi connectivity index (χ0v) is 10.5. The zero-order valence-electron chi connectivity index (χ0n) is 9.68. The summed E-state index contributed by atoms with van der Waals surface area (Å²) in [5.41, 5.74) is 8.81. The van der Waals surface area contributed by atoms with Crippen molar-refractivity contribution in [3.05, 3.63) is 39.8 Å². The molecule has 0 aliphatic carbocycles. The lowest BCUT2D eigenvalue weighted by Crippen LogP contribution is -2.13. The van der Waals surface area contributed by atoms with E-state index in [1.165, 1.54) is 16.0 Å². The molecular formula is C12H17N3S. The lowest BCUT2D eigenvalue weighted by atomic mass is 10.0. The van der Waals surface area contributed by atoms with Crippen LogP contribution in [-0.4, -0.2) is 9.78 Å². The van der Waals surface area contributed by atoms with Crippen LogP contribution in [0.15, 0.2) is 23.8 Å². The van der Waals surface area contributed by atoms with E-state index in [2.05, 4.69) is 23.5 Å². The van der Waals surface area contributed by atoms with E-state index >= 15 is 0 Å². The zero-order chi connectivity index (χ0) is 11.5. The van der Waals surface area contributed by atoms with Crippen LogP contribution in [0.1, 0.15) is 29.0 Å². The van der Waals surface area contributed by atoms with Crippen molar-refractivity contribution in [1.29, 1.82) is 0 Å². The highest BCUT2D eigenvalue weighted by atomic mass is 32.1. The number of hydrogen-bond acceptors (Lipinski definition) is 3. The highest BCUT2D eigenvalue weighted by Gasteiger charge is 2.13. The average molecular weight is 235 g/mol. The lowest BCUT2D eigenvalue weighted by molar-refractivity contribution is 0.725. The maximum absolute atomic E-state index is 6.23. The second kappa shape index (κ2) is 4.80. The SMILES string of the molecule is CCc1ccsc1C(N)Cc1cnn(C)c1. The standard InChI is InChI=1S/C12H17N3S/c1-3-10-4-5-16-12(10)11(13)6-9-7-14-15(2)8-9/h4-5,7-8,11H,3,6,13H2,1-2H3. The van der Waals surface area contributed by atoms with Crippen LogP contribution >= 0.6 is 11.3 Å². The Morgan fingerprint density at radius 3 is 3.00 bits per heavy atom. The van der Waals surface area contributed by atoms with Crippen molar-refractivity contribution in [3.63, 3.8) is 0 Å². The number of aromatic nitrogens is 2. The summed E-state index contributed by atoms with van der Waals surface area (Å²) in [4.78, 5) is 1.31. The molecule has 1 unspecified atom stereocenters. The van der Waals surface area contributed by atoms with E-state index in [1.807, 2.05) is 24.1 Å². The molecule has 2 heterocycles. The van der Waals surface area contributed by atoms with Crippen molar-refractivity contribution >= 4 is 11.3 Å². The minimum absolute atomic E-state index is 0.0964. The van der Waals surface area contributed by atoms with Crippen molar-refractivity contribution < 1.29 is 0 Å². The number of hydrogen-bond donors (Lipinski definition) is 1. The summed E-state index contributed by atoms with van der Waals surface area (Å²) in [5.74, 6) is 0. The summed E-state index contributed by atoms with van der Waals surface area (Å²) in [6.45, 7) is 2.17. The predicted octanol–water partition coefficient (Wildman–Crippen LogP) is 2.29. The monoisotopic (exact) mass is 235 g/mol. The number of nitrogens with zero attached hydrogens (tertiary/aromatic N) is 2. The Labute approximate surface area is 99.9 Å². The molecule has 16 heavy (non-hydrogen) atoms. The third-order valence-electron chi connectivity index (χ3n) is 2.71. The van der Waals surface area contributed by atoms with Crippen LogP contribution in [0.3, 0.4) is 0 Å². The molecule has 0 saturated heterocycles. The highest BCUT2D eigenvalue weighted by molar-refractivity contribution is 7.10. The molecule has 3 nitrogen and oxygen atoms in total. The Hall–Kier alpha value is -1.13. The summed E-state index contributed by atoms with van der Waals surface area (Å²) in [7, 11) is 1.93. The van der Waals surface area contributed by atoms with E-state index in [-0.39, 0.29) is 6.04 Å². The Morgan fingerprint density at radius 1 is 1.56 bits per heavy atom. The Kier molecular flexibility index (Phi) is 3.41. The first-order valence-electron chi connectivity index (χ1n) is 5.50. The van der Waals surface area contributed by atoms with Crippen molar-refractivity contribution in [1.82, 2.24) is 9.78 Å². The molecule has 0 saturated carbocycles. The molecule has 0 spiro atoms. The number of thiophene rings is 1. The maximum Gasteiger partial charge on any atom is 0.0522 e. The van der Waals surface area contributed by atoms with Crippen LogP contribution < -0.4 is 5.73 Å². The third-order valence-corrected chi connectivity index (χ3v) is 3.80. The molecule has 0 aliphatic rings. The van der Waals surface area contributed by atoms with Crippen LogP contribution in [0.4, 0.5) is 0 Å². The van der Waals surface area contributed by atoms with Gasteiger partial charge in [0.05, 0.1) is 6.20 Å². The molecule has 86 valence electrons. The van der Waals surface area contributed by atoms with Gasteiger partial charge in [-0.1, -0.05) is 6.92 Å². The quantitative estimate of drug-likeness (QED) is 0.883. The van der Waals surface area contributed by atoms with E-state index in [4.69, 9.17) is 5.73 Å². The molecule has 2 aromatic rings. The first-order chi connectivity index (χ1) is 7.70. The molecule has 0 amide bonds. The number of aryl methyl sites for hydroxylation is 2. The summed E-state index contributed by atoms with van der Waals surface area (Å²) < 4.78 is 1.82. The summed E-state index contributed by atoms with van der Waals surface area (Å²) >= 11 is 1.76.